The molecule has 0 unspecified atom stereocenters. The lowest BCUT2D eigenvalue weighted by molar-refractivity contribution is -0.139. The van der Waals surface area contributed by atoms with E-state index < -0.39 is 28.5 Å². The smallest absolute Gasteiger partial charge is 0.244 e. The molecule has 1 N–H and O–H groups in total. The second-order valence-electron chi connectivity index (χ2n) is 8.54. The number of amides is 2. The van der Waals surface area contributed by atoms with Gasteiger partial charge in [-0.15, -0.1) is 0 Å². The first-order chi connectivity index (χ1) is 16.2. The Hall–Kier alpha value is -2.49. The predicted octanol–water partition coefficient (Wildman–Crippen LogP) is 4.02. The first kappa shape index (κ1) is 28.7. The molecule has 0 bridgehead atoms. The van der Waals surface area contributed by atoms with E-state index in [1.165, 1.54) is 12.0 Å². The van der Waals surface area contributed by atoms with Crippen molar-refractivity contribution >= 4 is 50.7 Å². The van der Waals surface area contributed by atoms with Gasteiger partial charge in [-0.1, -0.05) is 35.3 Å². The van der Waals surface area contributed by atoms with Crippen LogP contribution in [0.1, 0.15) is 31.9 Å². The van der Waals surface area contributed by atoms with Gasteiger partial charge in [0.05, 0.1) is 19.1 Å². The van der Waals surface area contributed by atoms with Crippen molar-refractivity contribution < 1.29 is 22.7 Å². The average Bonchev–Trinajstić information content (AvgIpc) is 2.75. The van der Waals surface area contributed by atoms with E-state index in [4.69, 9.17) is 27.9 Å². The predicted molar refractivity (Wildman–Crippen MR) is 140 cm³/mol. The molecule has 2 aromatic rings. The van der Waals surface area contributed by atoms with Crippen molar-refractivity contribution in [1.82, 2.24) is 10.2 Å². The zero-order valence-electron chi connectivity index (χ0n) is 20.6. The molecule has 0 fully saturated rings. The summed E-state index contributed by atoms with van der Waals surface area (Å²) >= 11 is 12.3. The highest BCUT2D eigenvalue weighted by Gasteiger charge is 2.31. The van der Waals surface area contributed by atoms with Crippen LogP contribution in [0.15, 0.2) is 36.4 Å². The zero-order chi connectivity index (χ0) is 26.5. The number of sulfonamides is 1. The van der Waals surface area contributed by atoms with Crippen LogP contribution in [-0.2, 0) is 26.2 Å². The number of methoxy groups -OCH3 is 1. The van der Waals surface area contributed by atoms with Gasteiger partial charge in [0.25, 0.3) is 0 Å². The number of halogens is 2. The van der Waals surface area contributed by atoms with E-state index in [1.807, 2.05) is 13.8 Å². The summed E-state index contributed by atoms with van der Waals surface area (Å²) in [4.78, 5) is 27.7. The van der Waals surface area contributed by atoms with Crippen molar-refractivity contribution in [3.63, 3.8) is 0 Å². The Kier molecular flexibility index (Phi) is 9.83. The van der Waals surface area contributed by atoms with Crippen molar-refractivity contribution in [2.75, 3.05) is 24.2 Å². The van der Waals surface area contributed by atoms with Gasteiger partial charge in [0.1, 0.15) is 18.3 Å². The van der Waals surface area contributed by atoms with Crippen LogP contribution in [0.25, 0.3) is 0 Å². The topological polar surface area (TPSA) is 96.0 Å². The number of aryl methyl sites for hydroxylation is 1. The van der Waals surface area contributed by atoms with Crippen LogP contribution in [0.4, 0.5) is 5.69 Å². The highest BCUT2D eigenvalue weighted by Crippen LogP contribution is 2.31. The van der Waals surface area contributed by atoms with Crippen molar-refractivity contribution in [2.24, 2.45) is 0 Å². The number of nitrogens with zero attached hydrogens (tertiary/aromatic N) is 2. The maximum Gasteiger partial charge on any atom is 0.244 e. The monoisotopic (exact) mass is 543 g/mol. The standard InChI is InChI=1S/C24H31Cl2N3O5S/c1-15(2)27-24(31)17(4)28(13-18-8-9-19(25)12-20(18)26)23(30)14-29(35(6,32)33)21-11-16(3)7-10-22(21)34-5/h7-12,15,17H,13-14H2,1-6H3,(H,27,31)/t17-/m0/s1. The minimum absolute atomic E-state index is 0.0237. The molecular formula is C24H31Cl2N3O5S. The van der Waals surface area contributed by atoms with Crippen LogP contribution < -0.4 is 14.4 Å². The number of ether oxygens (including phenoxy) is 1. The minimum Gasteiger partial charge on any atom is -0.495 e. The van der Waals surface area contributed by atoms with E-state index in [0.717, 1.165) is 16.1 Å². The first-order valence-electron chi connectivity index (χ1n) is 10.9. The van der Waals surface area contributed by atoms with Crippen molar-refractivity contribution in [3.8, 4) is 5.75 Å². The molecule has 0 aromatic heterocycles. The molecule has 2 rings (SSSR count). The summed E-state index contributed by atoms with van der Waals surface area (Å²) in [5, 5.41) is 3.54. The molecule has 0 heterocycles. The third-order valence-corrected chi connectivity index (χ3v) is 6.95. The second-order valence-corrected chi connectivity index (χ2v) is 11.3. The van der Waals surface area contributed by atoms with Gasteiger partial charge in [-0.25, -0.2) is 8.42 Å². The fourth-order valence-electron chi connectivity index (χ4n) is 3.41. The van der Waals surface area contributed by atoms with Gasteiger partial charge < -0.3 is 15.0 Å². The van der Waals surface area contributed by atoms with Crippen LogP contribution in [0.2, 0.25) is 10.0 Å². The highest BCUT2D eigenvalue weighted by molar-refractivity contribution is 7.92. The average molecular weight is 545 g/mol. The van der Waals surface area contributed by atoms with Gasteiger partial charge in [0.2, 0.25) is 21.8 Å². The normalized spacial score (nSPS) is 12.3. The van der Waals surface area contributed by atoms with E-state index in [-0.39, 0.29) is 24.2 Å². The van der Waals surface area contributed by atoms with E-state index in [1.54, 1.807) is 50.2 Å². The summed E-state index contributed by atoms with van der Waals surface area (Å²) in [5.74, 6) is -0.666. The van der Waals surface area contributed by atoms with Gasteiger partial charge >= 0.3 is 0 Å². The van der Waals surface area contributed by atoms with E-state index in [2.05, 4.69) is 5.32 Å². The first-order valence-corrected chi connectivity index (χ1v) is 13.5. The fourth-order valence-corrected chi connectivity index (χ4v) is 4.72. The number of nitrogens with one attached hydrogen (secondary N) is 1. The molecule has 0 aliphatic rings. The van der Waals surface area contributed by atoms with Gasteiger partial charge in [0, 0.05) is 22.6 Å². The molecule has 0 aliphatic heterocycles. The molecule has 0 spiro atoms. The third-order valence-electron chi connectivity index (χ3n) is 5.24. The number of carbonyl (C=O) groups excluding carboxylic acids is 2. The summed E-state index contributed by atoms with van der Waals surface area (Å²) in [6.07, 6.45) is 1.01. The van der Waals surface area contributed by atoms with Crippen LogP contribution in [0.5, 0.6) is 5.75 Å². The zero-order valence-corrected chi connectivity index (χ0v) is 23.0. The Morgan fingerprint density at radius 3 is 2.29 bits per heavy atom. The van der Waals surface area contributed by atoms with Gasteiger partial charge in [-0.2, -0.15) is 0 Å². The Bertz CT molecular complexity index is 1190. The highest BCUT2D eigenvalue weighted by atomic mass is 35.5. The van der Waals surface area contributed by atoms with Crippen molar-refractivity contribution in [2.45, 2.75) is 46.3 Å². The maximum atomic E-state index is 13.6. The Labute approximate surface area is 217 Å². The third kappa shape index (κ3) is 7.75. The molecule has 0 saturated heterocycles. The number of hydrogen-bond acceptors (Lipinski definition) is 5. The lowest BCUT2D eigenvalue weighted by Gasteiger charge is -2.32. The number of rotatable bonds is 10. The van der Waals surface area contributed by atoms with Crippen LogP contribution in [0.3, 0.4) is 0 Å². The number of benzene rings is 2. The molecular weight excluding hydrogens is 513 g/mol. The lowest BCUT2D eigenvalue weighted by atomic mass is 10.1. The van der Waals surface area contributed by atoms with E-state index in [9.17, 15) is 18.0 Å². The molecule has 0 radical (unpaired) electrons. The summed E-state index contributed by atoms with van der Waals surface area (Å²) in [5.41, 5.74) is 1.58. The summed E-state index contributed by atoms with van der Waals surface area (Å²) in [6.45, 7) is 6.44. The minimum atomic E-state index is -3.89. The Balaban J connectivity index is 2.50. The van der Waals surface area contributed by atoms with Crippen LogP contribution >= 0.6 is 23.2 Å². The molecule has 192 valence electrons. The SMILES string of the molecule is COc1ccc(C)cc1N(CC(=O)N(Cc1ccc(Cl)cc1Cl)[C@@H](C)C(=O)NC(C)C)S(C)(=O)=O. The number of carbonyl (C=O) groups is 2. The number of anilines is 1. The molecule has 2 amide bonds. The lowest BCUT2D eigenvalue weighted by Crippen LogP contribution is -2.52. The quantitative estimate of drug-likeness (QED) is 0.488. The summed E-state index contributed by atoms with van der Waals surface area (Å²) in [7, 11) is -2.47. The largest absolute Gasteiger partial charge is 0.495 e. The van der Waals surface area contributed by atoms with E-state index in [0.29, 0.717) is 21.4 Å². The molecule has 0 aliphatic carbocycles. The van der Waals surface area contributed by atoms with Crippen LogP contribution in [-0.4, -0.2) is 57.1 Å². The molecule has 0 saturated carbocycles. The van der Waals surface area contributed by atoms with E-state index >= 15 is 0 Å². The Morgan fingerprint density at radius 2 is 1.74 bits per heavy atom. The summed E-state index contributed by atoms with van der Waals surface area (Å²) in [6, 6.07) is 8.82. The van der Waals surface area contributed by atoms with Gasteiger partial charge in [0.15, 0.2) is 0 Å². The van der Waals surface area contributed by atoms with Crippen molar-refractivity contribution in [3.05, 3.63) is 57.6 Å². The maximum absolute atomic E-state index is 13.6. The van der Waals surface area contributed by atoms with Crippen molar-refractivity contribution in [1.29, 1.82) is 0 Å². The molecule has 1 atom stereocenters. The molecule has 8 nitrogen and oxygen atoms in total. The fraction of sp³-hybridized carbons (Fsp3) is 0.417. The summed E-state index contributed by atoms with van der Waals surface area (Å²) < 4.78 is 31.8. The molecule has 2 aromatic carbocycles. The Morgan fingerprint density at radius 1 is 1.09 bits per heavy atom. The number of hydrogen-bond donors (Lipinski definition) is 1. The van der Waals surface area contributed by atoms with Gasteiger partial charge in [-0.05, 0) is 63.1 Å². The van der Waals surface area contributed by atoms with Crippen LogP contribution in [0, 0.1) is 6.92 Å². The second kappa shape index (κ2) is 12.0. The molecule has 11 heteroatoms. The van der Waals surface area contributed by atoms with Gasteiger partial charge in [-0.3, -0.25) is 13.9 Å². The molecule has 35 heavy (non-hydrogen) atoms.